The molecule has 0 aromatic heterocycles. The van der Waals surface area contributed by atoms with Gasteiger partial charge in [-0.25, -0.2) is 0 Å². The molecule has 1 N–H and O–H groups in total. The first kappa shape index (κ1) is 19.6. The molecular weight excluding hydrogens is 330 g/mol. The Bertz CT molecular complexity index is 723. The van der Waals surface area contributed by atoms with Crippen molar-refractivity contribution < 1.29 is 19.0 Å². The summed E-state index contributed by atoms with van der Waals surface area (Å²) in [6.45, 7) is 11.1. The van der Waals surface area contributed by atoms with E-state index in [0.29, 0.717) is 42.6 Å². The van der Waals surface area contributed by atoms with Crippen LogP contribution in [0.5, 0.6) is 17.2 Å². The van der Waals surface area contributed by atoms with Crippen LogP contribution in [0, 0.1) is 13.8 Å². The maximum Gasteiger partial charge on any atom is 0.255 e. The molecule has 2 aromatic rings. The summed E-state index contributed by atoms with van der Waals surface area (Å²) < 4.78 is 17.0. The summed E-state index contributed by atoms with van der Waals surface area (Å²) in [7, 11) is 0. The number of anilines is 1. The Morgan fingerprint density at radius 3 is 1.77 bits per heavy atom. The molecule has 0 heterocycles. The van der Waals surface area contributed by atoms with Gasteiger partial charge in [0.15, 0.2) is 11.5 Å². The van der Waals surface area contributed by atoms with Crippen molar-refractivity contribution in [3.05, 3.63) is 47.0 Å². The lowest BCUT2D eigenvalue weighted by Crippen LogP contribution is -2.13. The van der Waals surface area contributed by atoms with Gasteiger partial charge < -0.3 is 19.5 Å². The summed E-state index contributed by atoms with van der Waals surface area (Å²) in [5.41, 5.74) is 3.41. The van der Waals surface area contributed by atoms with Crippen molar-refractivity contribution >= 4 is 11.6 Å². The number of hydrogen-bond acceptors (Lipinski definition) is 4. The Morgan fingerprint density at radius 1 is 0.808 bits per heavy atom. The normalized spacial score (nSPS) is 10.3. The molecule has 0 bridgehead atoms. The maximum atomic E-state index is 12.8. The molecule has 140 valence electrons. The van der Waals surface area contributed by atoms with E-state index in [1.807, 2.05) is 46.8 Å². The SMILES string of the molecule is CCOc1cc(C(=O)Nc2cc(C)cc(C)c2)cc(OCC)c1OCC. The number of rotatable bonds is 8. The summed E-state index contributed by atoms with van der Waals surface area (Å²) in [6, 6.07) is 9.32. The first-order valence-electron chi connectivity index (χ1n) is 8.94. The first-order chi connectivity index (χ1) is 12.5. The van der Waals surface area contributed by atoms with Crippen LogP contribution in [0.3, 0.4) is 0 Å². The molecule has 1 amide bonds. The molecule has 0 saturated heterocycles. The number of carbonyl (C=O) groups is 1. The molecular formula is C21H27NO4. The van der Waals surface area contributed by atoms with Gasteiger partial charge in [0.2, 0.25) is 5.75 Å². The van der Waals surface area contributed by atoms with Gasteiger partial charge in [0.05, 0.1) is 19.8 Å². The fraction of sp³-hybridized carbons (Fsp3) is 0.381. The molecule has 2 rings (SSSR count). The van der Waals surface area contributed by atoms with Crippen LogP contribution in [-0.4, -0.2) is 25.7 Å². The molecule has 0 spiro atoms. The number of aryl methyl sites for hydroxylation is 2. The number of amides is 1. The van der Waals surface area contributed by atoms with Gasteiger partial charge in [-0.05, 0) is 70.0 Å². The van der Waals surface area contributed by atoms with E-state index in [0.717, 1.165) is 16.8 Å². The largest absolute Gasteiger partial charge is 0.490 e. The van der Waals surface area contributed by atoms with E-state index >= 15 is 0 Å². The first-order valence-corrected chi connectivity index (χ1v) is 8.94. The molecule has 0 aliphatic heterocycles. The molecule has 5 heteroatoms. The second kappa shape index (κ2) is 9.13. The van der Waals surface area contributed by atoms with E-state index in [1.165, 1.54) is 0 Å². The zero-order chi connectivity index (χ0) is 19.1. The number of nitrogens with one attached hydrogen (secondary N) is 1. The molecule has 0 fully saturated rings. The molecule has 0 aliphatic rings. The van der Waals surface area contributed by atoms with E-state index in [1.54, 1.807) is 12.1 Å². The minimum absolute atomic E-state index is 0.222. The number of benzene rings is 2. The van der Waals surface area contributed by atoms with Crippen molar-refractivity contribution in [3.8, 4) is 17.2 Å². The van der Waals surface area contributed by atoms with E-state index in [2.05, 4.69) is 11.4 Å². The minimum Gasteiger partial charge on any atom is -0.490 e. The quantitative estimate of drug-likeness (QED) is 0.740. The molecule has 0 saturated carbocycles. The van der Waals surface area contributed by atoms with Gasteiger partial charge in [-0.1, -0.05) is 6.07 Å². The Morgan fingerprint density at radius 2 is 1.31 bits per heavy atom. The van der Waals surface area contributed by atoms with E-state index in [4.69, 9.17) is 14.2 Å². The minimum atomic E-state index is -0.222. The smallest absolute Gasteiger partial charge is 0.255 e. The molecule has 0 atom stereocenters. The summed E-state index contributed by atoms with van der Waals surface area (Å²) in [6.07, 6.45) is 0. The molecule has 26 heavy (non-hydrogen) atoms. The van der Waals surface area contributed by atoms with Crippen molar-refractivity contribution in [2.45, 2.75) is 34.6 Å². The molecule has 2 aromatic carbocycles. The fourth-order valence-electron chi connectivity index (χ4n) is 2.77. The molecule has 0 radical (unpaired) electrons. The van der Waals surface area contributed by atoms with Crippen LogP contribution in [-0.2, 0) is 0 Å². The fourth-order valence-corrected chi connectivity index (χ4v) is 2.77. The van der Waals surface area contributed by atoms with Gasteiger partial charge in [0.1, 0.15) is 0 Å². The van der Waals surface area contributed by atoms with Gasteiger partial charge in [0, 0.05) is 11.3 Å². The summed E-state index contributed by atoms with van der Waals surface area (Å²) in [5, 5.41) is 2.94. The van der Waals surface area contributed by atoms with Gasteiger partial charge >= 0.3 is 0 Å². The number of carbonyl (C=O) groups excluding carboxylic acids is 1. The summed E-state index contributed by atoms with van der Waals surface area (Å²) in [5.74, 6) is 1.32. The second-order valence-corrected chi connectivity index (χ2v) is 5.93. The Balaban J connectivity index is 2.38. The summed E-state index contributed by atoms with van der Waals surface area (Å²) in [4.78, 5) is 12.8. The lowest BCUT2D eigenvalue weighted by molar-refractivity contribution is 0.102. The standard InChI is InChI=1S/C21H27NO4/c1-6-24-18-12-16(13-19(25-7-2)20(18)26-8-3)21(23)22-17-10-14(4)9-15(5)11-17/h9-13H,6-8H2,1-5H3,(H,22,23). The number of ether oxygens (including phenoxy) is 3. The topological polar surface area (TPSA) is 56.8 Å². The van der Waals surface area contributed by atoms with Crippen LogP contribution >= 0.6 is 0 Å². The Labute approximate surface area is 155 Å². The third-order valence-electron chi connectivity index (χ3n) is 3.65. The Hall–Kier alpha value is -2.69. The second-order valence-electron chi connectivity index (χ2n) is 5.93. The molecule has 0 aliphatic carbocycles. The van der Waals surface area contributed by atoms with E-state index < -0.39 is 0 Å². The van der Waals surface area contributed by atoms with Crippen LogP contribution in [0.1, 0.15) is 42.3 Å². The van der Waals surface area contributed by atoms with Gasteiger partial charge in [-0.3, -0.25) is 4.79 Å². The predicted octanol–water partition coefficient (Wildman–Crippen LogP) is 4.75. The number of hydrogen-bond donors (Lipinski definition) is 1. The van der Waals surface area contributed by atoms with Gasteiger partial charge in [0.25, 0.3) is 5.91 Å². The lowest BCUT2D eigenvalue weighted by Gasteiger charge is -2.17. The predicted molar refractivity (Wildman–Crippen MR) is 104 cm³/mol. The highest BCUT2D eigenvalue weighted by Gasteiger charge is 2.18. The third-order valence-corrected chi connectivity index (χ3v) is 3.65. The van der Waals surface area contributed by atoms with Crippen molar-refractivity contribution in [2.24, 2.45) is 0 Å². The average Bonchev–Trinajstić information content (AvgIpc) is 2.57. The van der Waals surface area contributed by atoms with Gasteiger partial charge in [-0.15, -0.1) is 0 Å². The van der Waals surface area contributed by atoms with E-state index in [-0.39, 0.29) is 5.91 Å². The van der Waals surface area contributed by atoms with Crippen LogP contribution in [0.2, 0.25) is 0 Å². The van der Waals surface area contributed by atoms with Gasteiger partial charge in [-0.2, -0.15) is 0 Å². The van der Waals surface area contributed by atoms with Crippen LogP contribution in [0.25, 0.3) is 0 Å². The van der Waals surface area contributed by atoms with Crippen molar-refractivity contribution in [2.75, 3.05) is 25.1 Å². The highest BCUT2D eigenvalue weighted by Crippen LogP contribution is 2.39. The molecule has 0 unspecified atom stereocenters. The zero-order valence-electron chi connectivity index (χ0n) is 16.1. The van der Waals surface area contributed by atoms with Crippen molar-refractivity contribution in [1.29, 1.82) is 0 Å². The highest BCUT2D eigenvalue weighted by atomic mass is 16.5. The van der Waals surface area contributed by atoms with Crippen molar-refractivity contribution in [1.82, 2.24) is 0 Å². The Kier molecular flexibility index (Phi) is 6.89. The highest BCUT2D eigenvalue weighted by molar-refractivity contribution is 6.05. The maximum absolute atomic E-state index is 12.8. The monoisotopic (exact) mass is 357 g/mol. The third kappa shape index (κ3) is 4.91. The zero-order valence-corrected chi connectivity index (χ0v) is 16.1. The van der Waals surface area contributed by atoms with Crippen LogP contribution < -0.4 is 19.5 Å². The lowest BCUT2D eigenvalue weighted by atomic mass is 10.1. The van der Waals surface area contributed by atoms with Crippen LogP contribution in [0.4, 0.5) is 5.69 Å². The van der Waals surface area contributed by atoms with Crippen LogP contribution in [0.15, 0.2) is 30.3 Å². The van der Waals surface area contributed by atoms with Crippen molar-refractivity contribution in [3.63, 3.8) is 0 Å². The molecule has 5 nitrogen and oxygen atoms in total. The summed E-state index contributed by atoms with van der Waals surface area (Å²) >= 11 is 0. The van der Waals surface area contributed by atoms with E-state index in [9.17, 15) is 4.79 Å². The average molecular weight is 357 g/mol.